The highest BCUT2D eigenvalue weighted by molar-refractivity contribution is 5.81. The molecule has 1 aromatic rings. The predicted octanol–water partition coefficient (Wildman–Crippen LogP) is 1.09. The van der Waals surface area contributed by atoms with E-state index in [1.807, 2.05) is 23.2 Å². The molecule has 2 atom stereocenters. The smallest absolute Gasteiger partial charge is 0.239 e. The van der Waals surface area contributed by atoms with E-state index in [1.165, 1.54) is 0 Å². The third-order valence-corrected chi connectivity index (χ3v) is 2.99. The summed E-state index contributed by atoms with van der Waals surface area (Å²) in [6.07, 6.45) is 5.62. The van der Waals surface area contributed by atoms with Crippen molar-refractivity contribution in [2.24, 2.45) is 5.73 Å². The first-order valence-electron chi connectivity index (χ1n) is 5.66. The maximum absolute atomic E-state index is 11.9. The van der Waals surface area contributed by atoms with Gasteiger partial charge in [0.2, 0.25) is 5.91 Å². The van der Waals surface area contributed by atoms with Gasteiger partial charge in [-0.05, 0) is 31.4 Å². The van der Waals surface area contributed by atoms with E-state index < -0.39 is 6.04 Å². The molecule has 1 amide bonds. The zero-order chi connectivity index (χ0) is 11.5. The van der Waals surface area contributed by atoms with Crippen LogP contribution in [0.3, 0.4) is 0 Å². The van der Waals surface area contributed by atoms with Crippen LogP contribution in [0.4, 0.5) is 0 Å². The van der Waals surface area contributed by atoms with Crippen LogP contribution in [0.2, 0.25) is 0 Å². The van der Waals surface area contributed by atoms with Gasteiger partial charge in [0.1, 0.15) is 0 Å². The fraction of sp³-hybridized carbons (Fsp3) is 0.500. The summed E-state index contributed by atoms with van der Waals surface area (Å²) >= 11 is 0. The zero-order valence-electron chi connectivity index (χ0n) is 9.47. The highest BCUT2D eigenvalue weighted by atomic mass is 16.2. The second-order valence-corrected chi connectivity index (χ2v) is 4.26. The molecule has 2 rings (SSSR count). The highest BCUT2D eigenvalue weighted by Crippen LogP contribution is 2.31. The lowest BCUT2D eigenvalue weighted by Gasteiger charge is -2.26. The van der Waals surface area contributed by atoms with Gasteiger partial charge in [-0.3, -0.25) is 9.78 Å². The SMILES string of the molecule is C[C@H](N)C(=O)N1CCCC1c1cccnc1. The third kappa shape index (κ3) is 2.07. The minimum atomic E-state index is -0.419. The Morgan fingerprint density at radius 2 is 2.50 bits per heavy atom. The Morgan fingerprint density at radius 1 is 1.69 bits per heavy atom. The van der Waals surface area contributed by atoms with Crippen LogP contribution in [0.1, 0.15) is 31.4 Å². The van der Waals surface area contributed by atoms with Crippen LogP contribution >= 0.6 is 0 Å². The third-order valence-electron chi connectivity index (χ3n) is 2.99. The van der Waals surface area contributed by atoms with Crippen LogP contribution in [0.25, 0.3) is 0 Å². The summed E-state index contributed by atoms with van der Waals surface area (Å²) in [6, 6.07) is 3.66. The number of pyridine rings is 1. The fourth-order valence-electron chi connectivity index (χ4n) is 2.21. The topological polar surface area (TPSA) is 59.2 Å². The summed E-state index contributed by atoms with van der Waals surface area (Å²) in [7, 11) is 0. The van der Waals surface area contributed by atoms with Crippen LogP contribution < -0.4 is 5.73 Å². The molecule has 1 aromatic heterocycles. The Balaban J connectivity index is 2.19. The standard InChI is InChI=1S/C12H17N3O/c1-9(13)12(16)15-7-3-5-11(15)10-4-2-6-14-8-10/h2,4,6,8-9,11H,3,5,7,13H2,1H3/t9-,11?/m0/s1. The van der Waals surface area contributed by atoms with Crippen molar-refractivity contribution >= 4 is 5.91 Å². The van der Waals surface area contributed by atoms with Crippen LogP contribution in [0.5, 0.6) is 0 Å². The number of carbonyl (C=O) groups excluding carboxylic acids is 1. The molecule has 0 spiro atoms. The number of rotatable bonds is 2. The summed E-state index contributed by atoms with van der Waals surface area (Å²) < 4.78 is 0. The van der Waals surface area contributed by atoms with Crippen molar-refractivity contribution in [2.75, 3.05) is 6.54 Å². The molecule has 0 saturated carbocycles. The molecular weight excluding hydrogens is 202 g/mol. The molecule has 1 fully saturated rings. The minimum absolute atomic E-state index is 0.0337. The minimum Gasteiger partial charge on any atom is -0.334 e. The largest absolute Gasteiger partial charge is 0.334 e. The van der Waals surface area contributed by atoms with Crippen LogP contribution in [-0.4, -0.2) is 28.4 Å². The molecule has 1 aliphatic heterocycles. The Morgan fingerprint density at radius 3 is 3.12 bits per heavy atom. The molecule has 1 saturated heterocycles. The van der Waals surface area contributed by atoms with Crippen LogP contribution in [-0.2, 0) is 4.79 Å². The summed E-state index contributed by atoms with van der Waals surface area (Å²) in [6.45, 7) is 2.54. The van der Waals surface area contributed by atoms with Crippen molar-refractivity contribution in [3.05, 3.63) is 30.1 Å². The van der Waals surface area contributed by atoms with Gasteiger partial charge in [0.05, 0.1) is 12.1 Å². The highest BCUT2D eigenvalue weighted by Gasteiger charge is 2.31. The second-order valence-electron chi connectivity index (χ2n) is 4.26. The molecule has 2 heterocycles. The van der Waals surface area contributed by atoms with Crippen LogP contribution in [0.15, 0.2) is 24.5 Å². The average Bonchev–Trinajstić information content (AvgIpc) is 2.77. The van der Waals surface area contributed by atoms with Gasteiger partial charge in [-0.15, -0.1) is 0 Å². The normalized spacial score (nSPS) is 22.1. The number of nitrogens with zero attached hydrogens (tertiary/aromatic N) is 2. The first kappa shape index (κ1) is 11.1. The molecule has 0 aliphatic carbocycles. The van der Waals surface area contributed by atoms with Crippen molar-refractivity contribution in [3.63, 3.8) is 0 Å². The lowest BCUT2D eigenvalue weighted by molar-refractivity contribution is -0.133. The van der Waals surface area contributed by atoms with Gasteiger partial charge in [0, 0.05) is 18.9 Å². The number of aromatic nitrogens is 1. The predicted molar refractivity (Wildman–Crippen MR) is 61.6 cm³/mol. The molecular formula is C12H17N3O. The van der Waals surface area contributed by atoms with Gasteiger partial charge >= 0.3 is 0 Å². The molecule has 1 unspecified atom stereocenters. The lowest BCUT2D eigenvalue weighted by atomic mass is 10.1. The van der Waals surface area contributed by atoms with E-state index in [1.54, 1.807) is 13.1 Å². The van der Waals surface area contributed by atoms with Gasteiger partial charge in [0.25, 0.3) is 0 Å². The van der Waals surface area contributed by atoms with Gasteiger partial charge in [0.15, 0.2) is 0 Å². The molecule has 4 heteroatoms. The van der Waals surface area contributed by atoms with Gasteiger partial charge in [-0.25, -0.2) is 0 Å². The van der Waals surface area contributed by atoms with Crippen molar-refractivity contribution < 1.29 is 4.79 Å². The van der Waals surface area contributed by atoms with Crippen LogP contribution in [0, 0.1) is 0 Å². The van der Waals surface area contributed by atoms with Gasteiger partial charge in [-0.2, -0.15) is 0 Å². The number of hydrogen-bond donors (Lipinski definition) is 1. The molecule has 0 radical (unpaired) electrons. The van der Waals surface area contributed by atoms with E-state index >= 15 is 0 Å². The molecule has 4 nitrogen and oxygen atoms in total. The maximum atomic E-state index is 11.9. The monoisotopic (exact) mass is 219 g/mol. The number of nitrogens with two attached hydrogens (primary N) is 1. The van der Waals surface area contributed by atoms with Crippen molar-refractivity contribution in [2.45, 2.75) is 31.8 Å². The van der Waals surface area contributed by atoms with Gasteiger partial charge in [-0.1, -0.05) is 6.07 Å². The first-order chi connectivity index (χ1) is 7.70. The van der Waals surface area contributed by atoms with E-state index in [-0.39, 0.29) is 11.9 Å². The number of carbonyl (C=O) groups is 1. The number of hydrogen-bond acceptors (Lipinski definition) is 3. The van der Waals surface area contributed by atoms with Gasteiger partial charge < -0.3 is 10.6 Å². The quantitative estimate of drug-likeness (QED) is 0.810. The molecule has 0 aromatic carbocycles. The summed E-state index contributed by atoms with van der Waals surface area (Å²) in [5.41, 5.74) is 6.75. The van der Waals surface area contributed by atoms with Crippen molar-refractivity contribution in [3.8, 4) is 0 Å². The maximum Gasteiger partial charge on any atom is 0.239 e. The summed E-state index contributed by atoms with van der Waals surface area (Å²) in [5.74, 6) is 0.0337. The van der Waals surface area contributed by atoms with Crippen molar-refractivity contribution in [1.29, 1.82) is 0 Å². The summed E-state index contributed by atoms with van der Waals surface area (Å²) in [5, 5.41) is 0. The lowest BCUT2D eigenvalue weighted by Crippen LogP contribution is -2.41. The van der Waals surface area contributed by atoms with Crippen molar-refractivity contribution in [1.82, 2.24) is 9.88 Å². The number of likely N-dealkylation sites (tertiary alicyclic amines) is 1. The molecule has 0 bridgehead atoms. The zero-order valence-corrected chi connectivity index (χ0v) is 9.47. The van der Waals surface area contributed by atoms with E-state index in [0.717, 1.165) is 24.9 Å². The van der Waals surface area contributed by atoms with E-state index in [9.17, 15) is 4.79 Å². The molecule has 86 valence electrons. The Hall–Kier alpha value is -1.42. The Bertz CT molecular complexity index is 364. The second kappa shape index (κ2) is 4.61. The molecule has 2 N–H and O–H groups in total. The Labute approximate surface area is 95.5 Å². The Kier molecular flexibility index (Phi) is 3.19. The molecule has 16 heavy (non-hydrogen) atoms. The number of amides is 1. The van der Waals surface area contributed by atoms with E-state index in [4.69, 9.17) is 5.73 Å². The van der Waals surface area contributed by atoms with E-state index in [2.05, 4.69) is 4.98 Å². The summed E-state index contributed by atoms with van der Waals surface area (Å²) in [4.78, 5) is 17.9. The fourth-order valence-corrected chi connectivity index (χ4v) is 2.21. The average molecular weight is 219 g/mol. The molecule has 1 aliphatic rings. The first-order valence-corrected chi connectivity index (χ1v) is 5.66. The van der Waals surface area contributed by atoms with E-state index in [0.29, 0.717) is 0 Å².